The Balaban J connectivity index is 1.61. The average molecular weight is 392 g/mol. The monoisotopic (exact) mass is 392 g/mol. The molecule has 2 aromatic carbocycles. The minimum atomic E-state index is -0.354. The summed E-state index contributed by atoms with van der Waals surface area (Å²) in [6.45, 7) is 2.73. The van der Waals surface area contributed by atoms with Crippen LogP contribution in [0.5, 0.6) is 0 Å². The van der Waals surface area contributed by atoms with Gasteiger partial charge in [-0.05, 0) is 30.9 Å². The van der Waals surface area contributed by atoms with Gasteiger partial charge in [-0.25, -0.2) is 0 Å². The second-order valence-electron chi connectivity index (χ2n) is 7.62. The molecule has 5 heteroatoms. The van der Waals surface area contributed by atoms with Crippen molar-refractivity contribution in [3.05, 3.63) is 71.8 Å². The first-order valence-electron chi connectivity index (χ1n) is 10.2. The highest BCUT2D eigenvalue weighted by Gasteiger charge is 2.28. The van der Waals surface area contributed by atoms with Crippen LogP contribution in [0, 0.1) is 0 Å². The van der Waals surface area contributed by atoms with E-state index < -0.39 is 0 Å². The Morgan fingerprint density at radius 1 is 0.897 bits per heavy atom. The van der Waals surface area contributed by atoms with E-state index in [9.17, 15) is 14.4 Å². The van der Waals surface area contributed by atoms with Crippen molar-refractivity contribution in [2.24, 2.45) is 0 Å². The number of Topliss-reactive ketones (excluding diaryl/α,β-unsaturated/α-hetero) is 1. The van der Waals surface area contributed by atoms with Crippen molar-refractivity contribution in [2.75, 3.05) is 13.1 Å². The predicted molar refractivity (Wildman–Crippen MR) is 112 cm³/mol. The topological polar surface area (TPSA) is 66.5 Å². The number of hydrogen-bond donors (Lipinski definition) is 1. The van der Waals surface area contributed by atoms with Gasteiger partial charge in [-0.3, -0.25) is 9.59 Å². The summed E-state index contributed by atoms with van der Waals surface area (Å²) >= 11 is 0. The molecule has 2 amide bonds. The Hall–Kier alpha value is -2.95. The van der Waals surface area contributed by atoms with E-state index in [2.05, 4.69) is 5.32 Å². The van der Waals surface area contributed by atoms with Gasteiger partial charge in [-0.2, -0.15) is 0 Å². The number of nitrogens with one attached hydrogen (secondary N) is 1. The summed E-state index contributed by atoms with van der Waals surface area (Å²) in [5.41, 5.74) is 1.93. The number of piperidine rings is 1. The largest absolute Gasteiger partial charge is 0.352 e. The van der Waals surface area contributed by atoms with Crippen molar-refractivity contribution in [3.8, 4) is 0 Å². The molecule has 3 rings (SSSR count). The van der Waals surface area contributed by atoms with Crippen molar-refractivity contribution >= 4 is 17.6 Å². The molecule has 1 saturated heterocycles. The quantitative estimate of drug-likeness (QED) is 0.786. The van der Waals surface area contributed by atoms with Crippen LogP contribution >= 0.6 is 0 Å². The molecule has 0 saturated carbocycles. The van der Waals surface area contributed by atoms with Gasteiger partial charge in [-0.1, -0.05) is 60.7 Å². The van der Waals surface area contributed by atoms with Gasteiger partial charge in [0.1, 0.15) is 5.78 Å². The van der Waals surface area contributed by atoms with Gasteiger partial charge in [0.05, 0.1) is 5.92 Å². The van der Waals surface area contributed by atoms with Gasteiger partial charge in [0.25, 0.3) is 0 Å². The third-order valence-corrected chi connectivity index (χ3v) is 5.41. The van der Waals surface area contributed by atoms with Gasteiger partial charge in [0, 0.05) is 32.0 Å². The van der Waals surface area contributed by atoms with Gasteiger partial charge in [-0.15, -0.1) is 0 Å². The Morgan fingerprint density at radius 2 is 1.41 bits per heavy atom. The molecule has 0 bridgehead atoms. The Morgan fingerprint density at radius 3 is 1.90 bits per heavy atom. The molecular formula is C24H28N2O3. The van der Waals surface area contributed by atoms with Crippen LogP contribution in [0.1, 0.15) is 49.7 Å². The first kappa shape index (κ1) is 20.8. The lowest BCUT2D eigenvalue weighted by Crippen LogP contribution is -2.47. The standard InChI is InChI=1S/C24H28N2O3/c1-18(27)12-13-22(28)26-16-14-21(15-17-26)25-24(29)23(19-8-4-2-5-9-19)20-10-6-3-7-11-20/h2-11,21,23H,12-17H2,1H3,(H,25,29). The van der Waals surface area contributed by atoms with Crippen LogP contribution in [-0.4, -0.2) is 41.6 Å². The van der Waals surface area contributed by atoms with E-state index in [-0.39, 0.29) is 36.0 Å². The van der Waals surface area contributed by atoms with Crippen LogP contribution < -0.4 is 5.32 Å². The van der Waals surface area contributed by atoms with Gasteiger partial charge in [0.2, 0.25) is 11.8 Å². The van der Waals surface area contributed by atoms with E-state index in [0.717, 1.165) is 24.0 Å². The molecule has 152 valence electrons. The van der Waals surface area contributed by atoms with E-state index in [1.54, 1.807) is 4.90 Å². The number of nitrogens with zero attached hydrogens (tertiary/aromatic N) is 1. The fourth-order valence-electron chi connectivity index (χ4n) is 3.78. The lowest BCUT2D eigenvalue weighted by Gasteiger charge is -2.33. The summed E-state index contributed by atoms with van der Waals surface area (Å²) < 4.78 is 0. The second-order valence-corrected chi connectivity index (χ2v) is 7.62. The van der Waals surface area contributed by atoms with Crippen LogP contribution in [0.25, 0.3) is 0 Å². The van der Waals surface area contributed by atoms with Crippen LogP contribution in [0.3, 0.4) is 0 Å². The molecule has 5 nitrogen and oxygen atoms in total. The fraction of sp³-hybridized carbons (Fsp3) is 0.375. The molecule has 0 aliphatic carbocycles. The molecule has 29 heavy (non-hydrogen) atoms. The van der Waals surface area contributed by atoms with Crippen molar-refractivity contribution in [1.82, 2.24) is 10.2 Å². The maximum atomic E-state index is 13.2. The first-order valence-corrected chi connectivity index (χ1v) is 10.2. The summed E-state index contributed by atoms with van der Waals surface area (Å²) in [7, 11) is 0. The smallest absolute Gasteiger partial charge is 0.232 e. The van der Waals surface area contributed by atoms with Crippen molar-refractivity contribution < 1.29 is 14.4 Å². The van der Waals surface area contributed by atoms with Crippen LogP contribution in [0.2, 0.25) is 0 Å². The number of likely N-dealkylation sites (tertiary alicyclic amines) is 1. The van der Waals surface area contributed by atoms with E-state index in [1.165, 1.54) is 6.92 Å². The highest BCUT2D eigenvalue weighted by molar-refractivity contribution is 5.87. The van der Waals surface area contributed by atoms with Crippen LogP contribution in [0.15, 0.2) is 60.7 Å². The molecule has 1 aliphatic rings. The number of carbonyl (C=O) groups is 3. The molecular weight excluding hydrogens is 364 g/mol. The number of benzene rings is 2. The number of rotatable bonds is 7. The number of carbonyl (C=O) groups excluding carboxylic acids is 3. The molecule has 2 aromatic rings. The zero-order chi connectivity index (χ0) is 20.6. The third-order valence-electron chi connectivity index (χ3n) is 5.41. The molecule has 1 heterocycles. The van der Waals surface area contributed by atoms with E-state index in [0.29, 0.717) is 19.5 Å². The van der Waals surface area contributed by atoms with Crippen molar-refractivity contribution in [3.63, 3.8) is 0 Å². The molecule has 0 atom stereocenters. The molecule has 1 N–H and O–H groups in total. The lowest BCUT2D eigenvalue weighted by molar-refractivity contribution is -0.134. The fourth-order valence-corrected chi connectivity index (χ4v) is 3.78. The highest BCUT2D eigenvalue weighted by Crippen LogP contribution is 2.25. The first-order chi connectivity index (χ1) is 14.0. The maximum Gasteiger partial charge on any atom is 0.232 e. The Kier molecular flexibility index (Phi) is 7.17. The molecule has 0 unspecified atom stereocenters. The predicted octanol–water partition coefficient (Wildman–Crippen LogP) is 3.29. The molecule has 1 aliphatic heterocycles. The van der Waals surface area contributed by atoms with E-state index in [1.807, 2.05) is 60.7 Å². The van der Waals surface area contributed by atoms with E-state index >= 15 is 0 Å². The number of amides is 2. The van der Waals surface area contributed by atoms with Crippen LogP contribution in [-0.2, 0) is 14.4 Å². The van der Waals surface area contributed by atoms with Crippen molar-refractivity contribution in [1.29, 1.82) is 0 Å². The lowest BCUT2D eigenvalue weighted by atomic mass is 9.90. The van der Waals surface area contributed by atoms with Gasteiger partial charge in [0.15, 0.2) is 0 Å². The molecule has 0 spiro atoms. The molecule has 1 fully saturated rings. The van der Waals surface area contributed by atoms with E-state index in [4.69, 9.17) is 0 Å². The summed E-state index contributed by atoms with van der Waals surface area (Å²) in [6, 6.07) is 19.7. The number of hydrogen-bond acceptors (Lipinski definition) is 3. The third kappa shape index (κ3) is 5.76. The summed E-state index contributed by atoms with van der Waals surface area (Å²) in [5.74, 6) is -0.304. The average Bonchev–Trinajstić information content (AvgIpc) is 2.74. The van der Waals surface area contributed by atoms with Gasteiger partial charge >= 0.3 is 0 Å². The maximum absolute atomic E-state index is 13.2. The summed E-state index contributed by atoms with van der Waals surface area (Å²) in [5, 5.41) is 3.19. The Bertz CT molecular complexity index is 788. The zero-order valence-electron chi connectivity index (χ0n) is 16.8. The normalized spacial score (nSPS) is 14.6. The van der Waals surface area contributed by atoms with Crippen LogP contribution in [0.4, 0.5) is 0 Å². The summed E-state index contributed by atoms with van der Waals surface area (Å²) in [6.07, 6.45) is 2.03. The summed E-state index contributed by atoms with van der Waals surface area (Å²) in [4.78, 5) is 38.3. The minimum absolute atomic E-state index is 0.0104. The number of ketones is 1. The second kappa shape index (κ2) is 10.0. The molecule has 0 radical (unpaired) electrons. The Labute approximate surface area is 172 Å². The van der Waals surface area contributed by atoms with Gasteiger partial charge < -0.3 is 15.0 Å². The zero-order valence-corrected chi connectivity index (χ0v) is 16.8. The minimum Gasteiger partial charge on any atom is -0.352 e. The molecule has 0 aromatic heterocycles. The highest BCUT2D eigenvalue weighted by atomic mass is 16.2. The van der Waals surface area contributed by atoms with Crippen molar-refractivity contribution in [2.45, 2.75) is 44.6 Å². The SMILES string of the molecule is CC(=O)CCC(=O)N1CCC(NC(=O)C(c2ccccc2)c2ccccc2)CC1.